The Hall–Kier alpha value is -2.98. The quantitative estimate of drug-likeness (QED) is 0.515. The largest absolute Gasteiger partial charge is 0.493 e. The molecule has 1 N–H and O–H groups in total. The average molecular weight is 470 g/mol. The van der Waals surface area contributed by atoms with Crippen molar-refractivity contribution in [1.29, 1.82) is 0 Å². The minimum atomic E-state index is -3.69. The number of hydrogen-bond acceptors (Lipinski definition) is 7. The number of nitrogens with one attached hydrogen (secondary N) is 1. The molecule has 2 heterocycles. The van der Waals surface area contributed by atoms with Crippen molar-refractivity contribution in [2.45, 2.75) is 24.4 Å². The Kier molecular flexibility index (Phi) is 7.24. The van der Waals surface area contributed by atoms with Gasteiger partial charge in [0.15, 0.2) is 11.5 Å². The molecule has 0 spiro atoms. The van der Waals surface area contributed by atoms with Crippen LogP contribution < -0.4 is 14.2 Å². The van der Waals surface area contributed by atoms with Gasteiger partial charge in [0.1, 0.15) is 11.9 Å². The van der Waals surface area contributed by atoms with Crippen molar-refractivity contribution < 1.29 is 22.7 Å². The van der Waals surface area contributed by atoms with Crippen molar-refractivity contribution in [1.82, 2.24) is 14.8 Å². The van der Waals surface area contributed by atoms with E-state index in [4.69, 9.17) is 14.3 Å². The van der Waals surface area contributed by atoms with E-state index in [1.807, 2.05) is 48.5 Å². The summed E-state index contributed by atoms with van der Waals surface area (Å²) in [7, 11) is -0.382. The van der Waals surface area contributed by atoms with Crippen molar-refractivity contribution in [2.24, 2.45) is 0 Å². The number of rotatable bonds is 9. The zero-order valence-electron chi connectivity index (χ0n) is 18.5. The Morgan fingerprint density at radius 3 is 2.61 bits per heavy atom. The first-order valence-corrected chi connectivity index (χ1v) is 12.1. The van der Waals surface area contributed by atoms with Crippen LogP contribution in [0, 0.1) is 0 Å². The van der Waals surface area contributed by atoms with Gasteiger partial charge in [0.2, 0.25) is 10.0 Å². The maximum atomic E-state index is 13.2. The van der Waals surface area contributed by atoms with Gasteiger partial charge in [-0.3, -0.25) is 9.82 Å². The van der Waals surface area contributed by atoms with Gasteiger partial charge in [0.05, 0.1) is 19.8 Å². The standard InChI is InChI=1S/C24H27N3O5S/c1-27-24(23(17-32-27)33(28,29)26-15-19-9-6-12-25-14-19)20-10-11-21(30-2)22(13-20)31-16-18-7-4-3-5-8-18/h3-14,23-24,26H,15-17H2,1-2H3. The number of aromatic nitrogens is 1. The predicted molar refractivity (Wildman–Crippen MR) is 124 cm³/mol. The summed E-state index contributed by atoms with van der Waals surface area (Å²) in [6, 6.07) is 18.3. The molecule has 3 aromatic rings. The fourth-order valence-corrected chi connectivity index (χ4v) is 5.29. The molecular formula is C24H27N3O5S. The van der Waals surface area contributed by atoms with Crippen LogP contribution in [0.2, 0.25) is 0 Å². The number of hydrogen-bond donors (Lipinski definition) is 1. The van der Waals surface area contributed by atoms with E-state index in [1.54, 1.807) is 43.7 Å². The number of sulfonamides is 1. The second kappa shape index (κ2) is 10.3. The van der Waals surface area contributed by atoms with E-state index in [-0.39, 0.29) is 13.2 Å². The third-order valence-corrected chi connectivity index (χ3v) is 7.29. The summed E-state index contributed by atoms with van der Waals surface area (Å²) >= 11 is 0. The van der Waals surface area contributed by atoms with Crippen molar-refractivity contribution in [3.05, 3.63) is 89.7 Å². The highest BCUT2D eigenvalue weighted by Crippen LogP contribution is 2.38. The minimum absolute atomic E-state index is 0.0514. The van der Waals surface area contributed by atoms with E-state index in [2.05, 4.69) is 9.71 Å². The summed E-state index contributed by atoms with van der Waals surface area (Å²) in [5.41, 5.74) is 2.56. The second-order valence-corrected chi connectivity index (χ2v) is 9.72. The lowest BCUT2D eigenvalue weighted by atomic mass is 10.0. The highest BCUT2D eigenvalue weighted by Gasteiger charge is 2.43. The highest BCUT2D eigenvalue weighted by atomic mass is 32.2. The molecule has 2 unspecified atom stereocenters. The van der Waals surface area contributed by atoms with Gasteiger partial charge in [0, 0.05) is 26.0 Å². The first kappa shape index (κ1) is 23.2. The summed E-state index contributed by atoms with van der Waals surface area (Å²) in [6.45, 7) is 0.582. The Labute approximate surface area is 194 Å². The van der Waals surface area contributed by atoms with Gasteiger partial charge >= 0.3 is 0 Å². The molecule has 1 aromatic heterocycles. The molecule has 0 aliphatic carbocycles. The van der Waals surface area contributed by atoms with Crippen LogP contribution in [-0.2, 0) is 28.0 Å². The van der Waals surface area contributed by atoms with Crippen molar-refractivity contribution >= 4 is 10.0 Å². The monoisotopic (exact) mass is 469 g/mol. The molecule has 0 saturated carbocycles. The maximum Gasteiger partial charge on any atom is 0.219 e. The van der Waals surface area contributed by atoms with E-state index < -0.39 is 21.3 Å². The predicted octanol–water partition coefficient (Wildman–Crippen LogP) is 3.08. The van der Waals surface area contributed by atoms with Crippen LogP contribution in [0.4, 0.5) is 0 Å². The van der Waals surface area contributed by atoms with Crippen LogP contribution >= 0.6 is 0 Å². The Morgan fingerprint density at radius 2 is 1.88 bits per heavy atom. The highest BCUT2D eigenvalue weighted by molar-refractivity contribution is 7.90. The van der Waals surface area contributed by atoms with Crippen LogP contribution in [0.1, 0.15) is 22.7 Å². The lowest BCUT2D eigenvalue weighted by Gasteiger charge is -2.24. The summed E-state index contributed by atoms with van der Waals surface area (Å²) in [4.78, 5) is 9.66. The number of nitrogens with zero attached hydrogens (tertiary/aromatic N) is 2. The number of pyridine rings is 1. The van der Waals surface area contributed by atoms with Crippen LogP contribution in [-0.4, -0.2) is 44.5 Å². The number of benzene rings is 2. The summed E-state index contributed by atoms with van der Waals surface area (Å²) in [5.74, 6) is 1.11. The molecule has 0 radical (unpaired) electrons. The molecule has 8 nitrogen and oxygen atoms in total. The van der Waals surface area contributed by atoms with Crippen molar-refractivity contribution in [2.75, 3.05) is 20.8 Å². The van der Waals surface area contributed by atoms with Crippen LogP contribution in [0.25, 0.3) is 0 Å². The normalized spacial score (nSPS) is 18.8. The van der Waals surface area contributed by atoms with E-state index in [0.29, 0.717) is 18.1 Å². The van der Waals surface area contributed by atoms with Crippen LogP contribution in [0.3, 0.4) is 0 Å². The molecule has 2 aromatic carbocycles. The summed E-state index contributed by atoms with van der Waals surface area (Å²) in [5, 5.41) is 0.783. The number of hydroxylamine groups is 2. The van der Waals surface area contributed by atoms with Gasteiger partial charge in [-0.25, -0.2) is 13.1 Å². The van der Waals surface area contributed by atoms with Gasteiger partial charge in [-0.15, -0.1) is 0 Å². The molecule has 1 saturated heterocycles. The summed E-state index contributed by atoms with van der Waals surface area (Å²) in [6.07, 6.45) is 3.28. The fourth-order valence-electron chi connectivity index (χ4n) is 3.80. The lowest BCUT2D eigenvalue weighted by molar-refractivity contribution is -0.110. The zero-order valence-corrected chi connectivity index (χ0v) is 19.4. The zero-order chi connectivity index (χ0) is 23.3. The second-order valence-electron chi connectivity index (χ2n) is 7.74. The SMILES string of the molecule is COc1ccc(C2C(S(=O)(=O)NCc3cccnc3)CON2C)cc1OCc1ccccc1. The average Bonchev–Trinajstić information content (AvgIpc) is 3.25. The molecule has 174 valence electrons. The Bertz CT molecular complexity index is 1160. The first-order valence-electron chi connectivity index (χ1n) is 10.6. The number of methoxy groups -OCH3 is 1. The molecule has 1 aliphatic rings. The molecule has 4 rings (SSSR count). The Morgan fingerprint density at radius 1 is 1.09 bits per heavy atom. The van der Waals surface area contributed by atoms with Gasteiger partial charge in [-0.1, -0.05) is 42.5 Å². The summed E-state index contributed by atoms with van der Waals surface area (Å²) < 4.78 is 40.5. The third kappa shape index (κ3) is 5.51. The van der Waals surface area contributed by atoms with Crippen LogP contribution in [0.15, 0.2) is 73.1 Å². The molecular weight excluding hydrogens is 442 g/mol. The molecule has 33 heavy (non-hydrogen) atoms. The Balaban J connectivity index is 1.55. The molecule has 2 atom stereocenters. The third-order valence-electron chi connectivity index (χ3n) is 5.55. The van der Waals surface area contributed by atoms with E-state index >= 15 is 0 Å². The smallest absolute Gasteiger partial charge is 0.219 e. The molecule has 1 fully saturated rings. The fraction of sp³-hybridized carbons (Fsp3) is 0.292. The molecule has 0 amide bonds. The maximum absolute atomic E-state index is 13.2. The van der Waals surface area contributed by atoms with E-state index in [0.717, 1.165) is 16.7 Å². The van der Waals surface area contributed by atoms with E-state index in [1.165, 1.54) is 0 Å². The van der Waals surface area contributed by atoms with Gasteiger partial charge in [-0.2, -0.15) is 5.06 Å². The number of ether oxygens (including phenoxy) is 2. The first-order chi connectivity index (χ1) is 16.0. The van der Waals surface area contributed by atoms with Gasteiger partial charge in [-0.05, 0) is 34.9 Å². The van der Waals surface area contributed by atoms with Crippen molar-refractivity contribution in [3.63, 3.8) is 0 Å². The minimum Gasteiger partial charge on any atom is -0.493 e. The van der Waals surface area contributed by atoms with Crippen LogP contribution in [0.5, 0.6) is 11.5 Å². The van der Waals surface area contributed by atoms with Crippen molar-refractivity contribution in [3.8, 4) is 11.5 Å². The topological polar surface area (TPSA) is 90.0 Å². The molecule has 0 bridgehead atoms. The van der Waals surface area contributed by atoms with E-state index in [9.17, 15) is 8.42 Å². The lowest BCUT2D eigenvalue weighted by Crippen LogP contribution is -2.39. The van der Waals surface area contributed by atoms with Gasteiger partial charge < -0.3 is 9.47 Å². The molecule has 1 aliphatic heterocycles. The van der Waals surface area contributed by atoms with Gasteiger partial charge in [0.25, 0.3) is 0 Å². The molecule has 9 heteroatoms.